The van der Waals surface area contributed by atoms with Crippen LogP contribution in [0.15, 0.2) is 43.0 Å². The van der Waals surface area contributed by atoms with Gasteiger partial charge in [-0.2, -0.15) is 8.78 Å². The lowest BCUT2D eigenvalue weighted by atomic mass is 10.3. The van der Waals surface area contributed by atoms with E-state index in [1.807, 2.05) is 5.32 Å². The van der Waals surface area contributed by atoms with Crippen molar-refractivity contribution in [3.8, 4) is 5.75 Å². The second-order valence-corrected chi connectivity index (χ2v) is 2.97. The number of nitrogens with one attached hydrogen (secondary N) is 1. The van der Waals surface area contributed by atoms with Gasteiger partial charge in [-0.05, 0) is 18.2 Å². The Morgan fingerprint density at radius 1 is 1.44 bits per heavy atom. The normalized spacial score (nSPS) is 10.6. The van der Waals surface area contributed by atoms with Crippen LogP contribution in [0, 0.1) is 0 Å². The van der Waals surface area contributed by atoms with Gasteiger partial charge in [-0.25, -0.2) is 0 Å². The number of carbonyl (C=O) groups is 1. The van der Waals surface area contributed by atoms with Crippen LogP contribution < -0.4 is 10.1 Å². The topological polar surface area (TPSA) is 38.3 Å². The largest absolute Gasteiger partial charge is 0.431 e. The average molecular weight is 227 g/mol. The Morgan fingerprint density at radius 3 is 2.62 bits per heavy atom. The summed E-state index contributed by atoms with van der Waals surface area (Å²) in [5, 5.41) is 1.96. The maximum atomic E-state index is 13.1. The van der Waals surface area contributed by atoms with E-state index in [1.165, 1.54) is 12.1 Å². The van der Waals surface area contributed by atoms with E-state index in [0.29, 0.717) is 0 Å². The molecular weight excluding hydrogens is 216 g/mol. The number of ether oxygens (including phenoxy) is 1. The zero-order valence-corrected chi connectivity index (χ0v) is 8.45. The maximum Gasteiger partial charge on any atom is 0.415 e. The minimum atomic E-state index is -3.44. The molecule has 1 rings (SSSR count). The summed E-state index contributed by atoms with van der Waals surface area (Å²) in [4.78, 5) is 10.7. The van der Waals surface area contributed by atoms with E-state index in [1.54, 1.807) is 18.2 Å². The van der Waals surface area contributed by atoms with Gasteiger partial charge >= 0.3 is 6.11 Å². The zero-order valence-electron chi connectivity index (χ0n) is 8.45. The van der Waals surface area contributed by atoms with E-state index in [0.717, 1.165) is 6.08 Å². The van der Waals surface area contributed by atoms with Crippen LogP contribution in [0.1, 0.15) is 0 Å². The van der Waals surface area contributed by atoms with Crippen LogP contribution in [-0.2, 0) is 4.79 Å². The minimum Gasteiger partial charge on any atom is -0.431 e. The second kappa shape index (κ2) is 5.25. The first-order valence-electron chi connectivity index (χ1n) is 4.56. The number of rotatable bonds is 5. The number of hydrogen-bond donors (Lipinski definition) is 1. The standard InChI is InChI=1S/C11H11F2NO2/c1-2-10(15)14-8-11(12,13)16-9-6-4-3-5-7-9/h2-7H,1,8H2,(H,14,15). The summed E-state index contributed by atoms with van der Waals surface area (Å²) < 4.78 is 30.7. The molecule has 86 valence electrons. The average Bonchev–Trinajstić information content (AvgIpc) is 2.27. The molecule has 0 aliphatic heterocycles. The summed E-state index contributed by atoms with van der Waals surface area (Å²) in [7, 11) is 0. The molecule has 1 aromatic rings. The molecule has 0 aliphatic carbocycles. The molecule has 0 heterocycles. The van der Waals surface area contributed by atoms with Crippen molar-refractivity contribution in [2.24, 2.45) is 0 Å². The van der Waals surface area contributed by atoms with Crippen LogP contribution in [0.5, 0.6) is 5.75 Å². The fourth-order valence-corrected chi connectivity index (χ4v) is 0.959. The number of amides is 1. The predicted octanol–water partition coefficient (Wildman–Crippen LogP) is 1.96. The molecule has 0 radical (unpaired) electrons. The van der Waals surface area contributed by atoms with Gasteiger partial charge in [0.25, 0.3) is 0 Å². The molecule has 5 heteroatoms. The second-order valence-electron chi connectivity index (χ2n) is 2.97. The van der Waals surface area contributed by atoms with Gasteiger partial charge in [0.15, 0.2) is 0 Å². The molecule has 0 saturated heterocycles. The molecule has 0 saturated carbocycles. The van der Waals surface area contributed by atoms with Gasteiger partial charge in [0.2, 0.25) is 5.91 Å². The summed E-state index contributed by atoms with van der Waals surface area (Å²) in [6, 6.07) is 7.65. The molecule has 1 amide bonds. The van der Waals surface area contributed by atoms with Crippen LogP contribution in [0.25, 0.3) is 0 Å². The monoisotopic (exact) mass is 227 g/mol. The van der Waals surface area contributed by atoms with Gasteiger partial charge in [-0.3, -0.25) is 4.79 Å². The third-order valence-electron chi connectivity index (χ3n) is 1.66. The van der Waals surface area contributed by atoms with Crippen molar-refractivity contribution < 1.29 is 18.3 Å². The van der Waals surface area contributed by atoms with Gasteiger partial charge in [0.1, 0.15) is 12.3 Å². The van der Waals surface area contributed by atoms with Gasteiger partial charge in [0, 0.05) is 0 Å². The molecule has 0 fully saturated rings. The van der Waals surface area contributed by atoms with E-state index in [9.17, 15) is 13.6 Å². The number of benzene rings is 1. The molecule has 0 bridgehead atoms. The minimum absolute atomic E-state index is 0.0420. The van der Waals surface area contributed by atoms with E-state index < -0.39 is 18.6 Å². The van der Waals surface area contributed by atoms with Crippen LogP contribution in [-0.4, -0.2) is 18.6 Å². The Labute approximate surface area is 91.7 Å². The van der Waals surface area contributed by atoms with Gasteiger partial charge < -0.3 is 10.1 Å². The lowest BCUT2D eigenvalue weighted by molar-refractivity contribution is -0.173. The molecule has 1 aromatic carbocycles. The molecule has 0 aliphatic rings. The van der Waals surface area contributed by atoms with Crippen LogP contribution >= 0.6 is 0 Å². The van der Waals surface area contributed by atoms with E-state index in [4.69, 9.17) is 0 Å². The summed E-state index contributed by atoms with van der Waals surface area (Å²) in [6.07, 6.45) is -2.53. The lowest BCUT2D eigenvalue weighted by Gasteiger charge is -2.17. The van der Waals surface area contributed by atoms with Gasteiger partial charge in [-0.15, -0.1) is 0 Å². The van der Waals surface area contributed by atoms with Crippen molar-refractivity contribution in [1.82, 2.24) is 5.32 Å². The third-order valence-corrected chi connectivity index (χ3v) is 1.66. The van der Waals surface area contributed by atoms with Crippen molar-refractivity contribution in [3.63, 3.8) is 0 Å². The number of alkyl halides is 2. The van der Waals surface area contributed by atoms with Crippen molar-refractivity contribution in [2.75, 3.05) is 6.54 Å². The molecule has 1 N–H and O–H groups in total. The lowest BCUT2D eigenvalue weighted by Crippen LogP contribution is -2.39. The van der Waals surface area contributed by atoms with Crippen molar-refractivity contribution in [3.05, 3.63) is 43.0 Å². The quantitative estimate of drug-likeness (QED) is 0.781. The molecule has 0 unspecified atom stereocenters. The van der Waals surface area contributed by atoms with Crippen LogP contribution in [0.4, 0.5) is 8.78 Å². The highest BCUT2D eigenvalue weighted by Crippen LogP contribution is 2.20. The highest BCUT2D eigenvalue weighted by Gasteiger charge is 2.31. The van der Waals surface area contributed by atoms with Crippen molar-refractivity contribution in [1.29, 1.82) is 0 Å². The Balaban J connectivity index is 2.51. The molecule has 0 aromatic heterocycles. The van der Waals surface area contributed by atoms with Gasteiger partial charge in [0.05, 0.1) is 0 Å². The fourth-order valence-electron chi connectivity index (χ4n) is 0.959. The smallest absolute Gasteiger partial charge is 0.415 e. The van der Waals surface area contributed by atoms with Crippen LogP contribution in [0.2, 0.25) is 0 Å². The first kappa shape index (κ1) is 12.2. The van der Waals surface area contributed by atoms with Crippen molar-refractivity contribution >= 4 is 5.91 Å². The first-order valence-corrected chi connectivity index (χ1v) is 4.56. The number of halogens is 2. The summed E-state index contributed by atoms with van der Waals surface area (Å²) >= 11 is 0. The summed E-state index contributed by atoms with van der Waals surface area (Å²) in [5.74, 6) is -0.628. The first-order chi connectivity index (χ1) is 7.53. The molecule has 0 atom stereocenters. The number of para-hydroxylation sites is 1. The highest BCUT2D eigenvalue weighted by atomic mass is 19.3. The Hall–Kier alpha value is -1.91. The Kier molecular flexibility index (Phi) is 3.99. The summed E-state index contributed by atoms with van der Waals surface area (Å²) in [5.41, 5.74) is 0. The predicted molar refractivity (Wildman–Crippen MR) is 55.2 cm³/mol. The zero-order chi connectivity index (χ0) is 12.0. The number of carbonyl (C=O) groups excluding carboxylic acids is 1. The summed E-state index contributed by atoms with van der Waals surface area (Å²) in [6.45, 7) is 2.25. The van der Waals surface area contributed by atoms with Crippen LogP contribution in [0.3, 0.4) is 0 Å². The molecular formula is C11H11F2NO2. The van der Waals surface area contributed by atoms with E-state index in [-0.39, 0.29) is 5.75 Å². The molecule has 3 nitrogen and oxygen atoms in total. The Morgan fingerprint density at radius 2 is 2.06 bits per heavy atom. The molecule has 0 spiro atoms. The maximum absolute atomic E-state index is 13.1. The van der Waals surface area contributed by atoms with Gasteiger partial charge in [-0.1, -0.05) is 24.8 Å². The van der Waals surface area contributed by atoms with Crippen molar-refractivity contribution in [2.45, 2.75) is 6.11 Å². The fraction of sp³-hybridized carbons (Fsp3) is 0.182. The molecule has 16 heavy (non-hydrogen) atoms. The third kappa shape index (κ3) is 4.08. The number of hydrogen-bond acceptors (Lipinski definition) is 2. The SMILES string of the molecule is C=CC(=O)NCC(F)(F)Oc1ccccc1. The highest BCUT2D eigenvalue weighted by molar-refractivity contribution is 5.86. The van der Waals surface area contributed by atoms with E-state index in [2.05, 4.69) is 11.3 Å². The van der Waals surface area contributed by atoms with E-state index >= 15 is 0 Å². The Bertz CT molecular complexity index is 366.